The summed E-state index contributed by atoms with van der Waals surface area (Å²) in [6.07, 6.45) is -0.582. The third kappa shape index (κ3) is 6.60. The highest BCUT2D eigenvalue weighted by Crippen LogP contribution is 2.41. The predicted molar refractivity (Wildman–Crippen MR) is 118 cm³/mol. The Hall–Kier alpha value is -1.85. The molecule has 1 saturated carbocycles. The van der Waals surface area contributed by atoms with E-state index in [1.54, 1.807) is 31.1 Å². The van der Waals surface area contributed by atoms with Gasteiger partial charge in [-0.2, -0.15) is 13.2 Å². The van der Waals surface area contributed by atoms with Crippen molar-refractivity contribution in [1.29, 1.82) is 0 Å². The van der Waals surface area contributed by atoms with Gasteiger partial charge in [-0.3, -0.25) is 0 Å². The van der Waals surface area contributed by atoms with Crippen LogP contribution in [0, 0.1) is 0 Å². The molecule has 33 heavy (non-hydrogen) atoms. The number of carbonyl (C=O) groups excluding carboxylic acids is 1. The number of ether oxygens (including phenoxy) is 1. The van der Waals surface area contributed by atoms with E-state index in [2.05, 4.69) is 4.72 Å². The maximum atomic E-state index is 13.4. The Labute approximate surface area is 193 Å². The van der Waals surface area contributed by atoms with E-state index in [-0.39, 0.29) is 24.7 Å². The number of nitrogens with one attached hydrogen (secondary N) is 1. The lowest BCUT2D eigenvalue weighted by atomic mass is 9.81. The quantitative estimate of drug-likeness (QED) is 0.662. The SMILES string of the molecule is CN(C)C(=O)N1CC[C@H](NS(C)(=O)=O)[C@@H]1CO[C@H]1CC[C@@H](c2ccccc2C(F)(F)F)CC1. The van der Waals surface area contributed by atoms with Crippen molar-refractivity contribution in [2.45, 2.75) is 62.4 Å². The number of halogens is 3. The summed E-state index contributed by atoms with van der Waals surface area (Å²) < 4.78 is 72.4. The van der Waals surface area contributed by atoms with Gasteiger partial charge in [-0.1, -0.05) is 18.2 Å². The van der Waals surface area contributed by atoms with Crippen LogP contribution in [0.1, 0.15) is 49.1 Å². The Morgan fingerprint density at radius 2 is 1.79 bits per heavy atom. The van der Waals surface area contributed by atoms with Crippen LogP contribution in [0.25, 0.3) is 0 Å². The van der Waals surface area contributed by atoms with Crippen LogP contribution in [0.3, 0.4) is 0 Å². The zero-order valence-electron chi connectivity index (χ0n) is 19.1. The van der Waals surface area contributed by atoms with Gasteiger partial charge < -0.3 is 14.5 Å². The van der Waals surface area contributed by atoms with Crippen molar-refractivity contribution in [2.24, 2.45) is 0 Å². The molecular weight excluding hydrogens is 459 g/mol. The van der Waals surface area contributed by atoms with E-state index in [1.807, 2.05) is 0 Å². The molecule has 0 unspecified atom stereocenters. The number of likely N-dealkylation sites (tertiary alicyclic amines) is 1. The average molecular weight is 492 g/mol. The van der Waals surface area contributed by atoms with Gasteiger partial charge in [-0.25, -0.2) is 17.9 Å². The first-order chi connectivity index (χ1) is 15.4. The molecule has 0 spiro atoms. The molecule has 7 nitrogen and oxygen atoms in total. The van der Waals surface area contributed by atoms with E-state index in [1.165, 1.54) is 11.0 Å². The minimum absolute atomic E-state index is 0.143. The largest absolute Gasteiger partial charge is 0.416 e. The molecule has 0 aromatic heterocycles. The van der Waals surface area contributed by atoms with Crippen molar-refractivity contribution in [3.05, 3.63) is 35.4 Å². The van der Waals surface area contributed by atoms with E-state index >= 15 is 0 Å². The Kier molecular flexibility index (Phi) is 7.95. The second kappa shape index (κ2) is 10.2. The molecule has 2 aliphatic rings. The van der Waals surface area contributed by atoms with Gasteiger partial charge in [0.25, 0.3) is 0 Å². The molecule has 1 aromatic carbocycles. The summed E-state index contributed by atoms with van der Waals surface area (Å²) in [4.78, 5) is 15.6. The van der Waals surface area contributed by atoms with Crippen LogP contribution in [0.4, 0.5) is 18.0 Å². The van der Waals surface area contributed by atoms with Gasteiger partial charge in [-0.05, 0) is 49.7 Å². The van der Waals surface area contributed by atoms with Crippen LogP contribution >= 0.6 is 0 Å². The summed E-state index contributed by atoms with van der Waals surface area (Å²) in [7, 11) is -0.183. The number of sulfonamides is 1. The molecule has 1 saturated heterocycles. The highest BCUT2D eigenvalue weighted by Gasteiger charge is 2.40. The second-order valence-corrected chi connectivity index (χ2v) is 10.9. The van der Waals surface area contributed by atoms with Gasteiger partial charge in [0.1, 0.15) is 0 Å². The van der Waals surface area contributed by atoms with Crippen LogP contribution in [0.15, 0.2) is 24.3 Å². The molecule has 1 aromatic rings. The zero-order chi connectivity index (χ0) is 24.4. The zero-order valence-corrected chi connectivity index (χ0v) is 20.0. The molecule has 1 aliphatic heterocycles. The number of benzene rings is 1. The topological polar surface area (TPSA) is 79.0 Å². The normalized spacial score (nSPS) is 26.4. The highest BCUT2D eigenvalue weighted by molar-refractivity contribution is 7.88. The van der Waals surface area contributed by atoms with Gasteiger partial charge in [0.15, 0.2) is 0 Å². The Balaban J connectivity index is 1.62. The maximum Gasteiger partial charge on any atom is 0.416 e. The van der Waals surface area contributed by atoms with Crippen molar-refractivity contribution < 1.29 is 31.1 Å². The summed E-state index contributed by atoms with van der Waals surface area (Å²) in [5, 5.41) is 0. The fraction of sp³-hybridized carbons (Fsp3) is 0.682. The Bertz CT molecular complexity index is 931. The van der Waals surface area contributed by atoms with Crippen molar-refractivity contribution in [3.63, 3.8) is 0 Å². The first-order valence-corrected chi connectivity index (χ1v) is 13.0. The molecule has 1 aliphatic carbocycles. The van der Waals surface area contributed by atoms with Gasteiger partial charge in [0, 0.05) is 26.7 Å². The lowest BCUT2D eigenvalue weighted by molar-refractivity contribution is -0.138. The summed E-state index contributed by atoms with van der Waals surface area (Å²) in [6, 6.07) is 4.62. The second-order valence-electron chi connectivity index (χ2n) is 9.11. The smallest absolute Gasteiger partial charge is 0.376 e. The standard InChI is InChI=1S/C22H32F3N3O4S/c1-27(2)21(29)28-13-12-19(26-33(3,30)31)20(28)14-32-16-10-8-15(9-11-16)17-6-4-5-7-18(17)22(23,24)25/h4-7,15-16,19-20,26H,8-14H2,1-3H3/t15-,16+,19-,20-/m0/s1. The van der Waals surface area contributed by atoms with Crippen molar-refractivity contribution in [2.75, 3.05) is 33.5 Å². The first kappa shape index (κ1) is 25.8. The molecular formula is C22H32F3N3O4S. The maximum absolute atomic E-state index is 13.4. The first-order valence-electron chi connectivity index (χ1n) is 11.1. The van der Waals surface area contributed by atoms with Crippen molar-refractivity contribution in [1.82, 2.24) is 14.5 Å². The van der Waals surface area contributed by atoms with E-state index in [0.717, 1.165) is 12.3 Å². The summed E-state index contributed by atoms with van der Waals surface area (Å²) >= 11 is 0. The van der Waals surface area contributed by atoms with Crippen LogP contribution in [-0.2, 0) is 20.9 Å². The molecule has 3 rings (SSSR count). The van der Waals surface area contributed by atoms with Gasteiger partial charge in [0.05, 0.1) is 30.6 Å². The molecule has 1 heterocycles. The lowest BCUT2D eigenvalue weighted by Gasteiger charge is -2.34. The van der Waals surface area contributed by atoms with E-state index in [9.17, 15) is 26.4 Å². The Morgan fingerprint density at radius 3 is 2.36 bits per heavy atom. The molecule has 1 N–H and O–H groups in total. The number of amides is 2. The monoisotopic (exact) mass is 491 g/mol. The molecule has 0 radical (unpaired) electrons. The highest BCUT2D eigenvalue weighted by atomic mass is 32.2. The van der Waals surface area contributed by atoms with Crippen LogP contribution < -0.4 is 4.72 Å². The number of hydrogen-bond donors (Lipinski definition) is 1. The fourth-order valence-electron chi connectivity index (χ4n) is 4.85. The average Bonchev–Trinajstić information content (AvgIpc) is 3.12. The summed E-state index contributed by atoms with van der Waals surface area (Å²) in [6.45, 7) is 0.584. The van der Waals surface area contributed by atoms with Crippen LogP contribution in [-0.4, -0.2) is 75.9 Å². The van der Waals surface area contributed by atoms with Gasteiger partial charge >= 0.3 is 12.2 Å². The molecule has 2 amide bonds. The number of rotatable bonds is 6. The lowest BCUT2D eigenvalue weighted by Crippen LogP contribution is -2.51. The van der Waals surface area contributed by atoms with Crippen molar-refractivity contribution in [3.8, 4) is 0 Å². The Morgan fingerprint density at radius 1 is 1.15 bits per heavy atom. The van der Waals surface area contributed by atoms with Crippen molar-refractivity contribution >= 4 is 16.1 Å². The van der Waals surface area contributed by atoms with Gasteiger partial charge in [0.2, 0.25) is 10.0 Å². The van der Waals surface area contributed by atoms with Crippen LogP contribution in [0.2, 0.25) is 0 Å². The minimum Gasteiger partial charge on any atom is -0.376 e. The van der Waals surface area contributed by atoms with E-state index < -0.39 is 33.8 Å². The van der Waals surface area contributed by atoms with E-state index in [0.29, 0.717) is 44.2 Å². The molecule has 0 bridgehead atoms. The number of alkyl halides is 3. The number of nitrogens with zero attached hydrogens (tertiary/aromatic N) is 2. The molecule has 11 heteroatoms. The predicted octanol–water partition coefficient (Wildman–Crippen LogP) is 3.42. The van der Waals surface area contributed by atoms with Crippen LogP contribution in [0.5, 0.6) is 0 Å². The minimum atomic E-state index is -4.38. The third-order valence-corrected chi connectivity index (χ3v) is 7.15. The van der Waals surface area contributed by atoms with Gasteiger partial charge in [-0.15, -0.1) is 0 Å². The number of urea groups is 1. The molecule has 186 valence electrons. The molecule has 2 atom stereocenters. The van der Waals surface area contributed by atoms with E-state index in [4.69, 9.17) is 4.74 Å². The number of carbonyl (C=O) groups is 1. The number of hydrogen-bond acceptors (Lipinski definition) is 4. The molecule has 2 fully saturated rings. The fourth-order valence-corrected chi connectivity index (χ4v) is 5.68. The summed E-state index contributed by atoms with van der Waals surface area (Å²) in [5.74, 6) is -0.180. The third-order valence-electron chi connectivity index (χ3n) is 6.42. The summed E-state index contributed by atoms with van der Waals surface area (Å²) in [5.41, 5.74) is -0.243.